The smallest absolute Gasteiger partial charge is 0.308 e. The van der Waals surface area contributed by atoms with Crippen LogP contribution in [-0.4, -0.2) is 35.2 Å². The molecule has 0 bridgehead atoms. The number of nitrogens with one attached hydrogen (secondary N) is 1. The van der Waals surface area contributed by atoms with Crippen LogP contribution >= 0.6 is 11.3 Å². The highest BCUT2D eigenvalue weighted by Gasteiger charge is 2.18. The molecule has 27 heavy (non-hydrogen) atoms. The van der Waals surface area contributed by atoms with Crippen molar-refractivity contribution in [2.75, 3.05) is 18.5 Å². The van der Waals surface area contributed by atoms with Gasteiger partial charge in [0, 0.05) is 16.9 Å². The minimum Gasteiger partial charge on any atom is -0.490 e. The van der Waals surface area contributed by atoms with Crippen molar-refractivity contribution < 1.29 is 24.2 Å². The minimum atomic E-state index is -0.956. The fourth-order valence-electron chi connectivity index (χ4n) is 2.50. The van der Waals surface area contributed by atoms with E-state index in [0.717, 1.165) is 6.42 Å². The number of amides is 1. The summed E-state index contributed by atoms with van der Waals surface area (Å²) in [6.45, 7) is 6.66. The van der Waals surface area contributed by atoms with Crippen LogP contribution < -0.4 is 14.8 Å². The van der Waals surface area contributed by atoms with Crippen LogP contribution in [0.1, 0.15) is 38.5 Å². The summed E-state index contributed by atoms with van der Waals surface area (Å²) < 4.78 is 11.2. The zero-order valence-electron chi connectivity index (χ0n) is 15.7. The number of aromatic nitrogens is 1. The molecule has 0 unspecified atom stereocenters. The van der Waals surface area contributed by atoms with Crippen molar-refractivity contribution in [1.29, 1.82) is 0 Å². The number of benzene rings is 1. The highest BCUT2D eigenvalue weighted by atomic mass is 32.1. The van der Waals surface area contributed by atoms with Gasteiger partial charge in [-0.25, -0.2) is 4.98 Å². The summed E-state index contributed by atoms with van der Waals surface area (Å²) in [5, 5.41) is 12.3. The zero-order valence-corrected chi connectivity index (χ0v) is 16.5. The average Bonchev–Trinajstić information content (AvgIpc) is 2.98. The van der Waals surface area contributed by atoms with Crippen LogP contribution in [0, 0.1) is 0 Å². The molecule has 2 N–H and O–H groups in total. The molecular formula is C19H24N2O5S. The average molecular weight is 392 g/mol. The number of rotatable bonds is 10. The zero-order chi connectivity index (χ0) is 19.8. The third kappa shape index (κ3) is 5.68. The number of carbonyl (C=O) groups is 2. The van der Waals surface area contributed by atoms with Gasteiger partial charge in [-0.2, -0.15) is 0 Å². The van der Waals surface area contributed by atoms with Crippen LogP contribution in [-0.2, 0) is 16.0 Å². The van der Waals surface area contributed by atoms with Gasteiger partial charge >= 0.3 is 5.97 Å². The molecule has 0 aliphatic rings. The second kappa shape index (κ2) is 9.91. The molecule has 2 aromatic rings. The van der Waals surface area contributed by atoms with Crippen molar-refractivity contribution in [3.05, 3.63) is 23.1 Å². The van der Waals surface area contributed by atoms with Crippen molar-refractivity contribution in [3.63, 3.8) is 0 Å². The third-order valence-electron chi connectivity index (χ3n) is 3.55. The molecule has 0 fully saturated rings. The van der Waals surface area contributed by atoms with E-state index in [-0.39, 0.29) is 12.3 Å². The van der Waals surface area contributed by atoms with Crippen LogP contribution in [0.4, 0.5) is 5.13 Å². The summed E-state index contributed by atoms with van der Waals surface area (Å²) in [5.74, 6) is 0.0981. The van der Waals surface area contributed by atoms with Crippen molar-refractivity contribution in [1.82, 2.24) is 4.98 Å². The normalized spacial score (nSPS) is 10.5. The van der Waals surface area contributed by atoms with Crippen LogP contribution in [0.3, 0.4) is 0 Å². The number of hydrogen-bond acceptors (Lipinski definition) is 6. The number of aliphatic carboxylic acids is 1. The molecule has 0 saturated heterocycles. The number of anilines is 1. The Bertz CT molecular complexity index is 803. The Kier molecular flexibility index (Phi) is 7.60. The largest absolute Gasteiger partial charge is 0.490 e. The van der Waals surface area contributed by atoms with E-state index in [2.05, 4.69) is 10.3 Å². The van der Waals surface area contributed by atoms with Crippen LogP contribution in [0.2, 0.25) is 0 Å². The lowest BCUT2D eigenvalue weighted by atomic mass is 10.1. The Morgan fingerprint density at radius 3 is 2.48 bits per heavy atom. The summed E-state index contributed by atoms with van der Waals surface area (Å²) in [4.78, 5) is 28.1. The summed E-state index contributed by atoms with van der Waals surface area (Å²) in [5.41, 5.74) is 1.24. The van der Waals surface area contributed by atoms with Crippen molar-refractivity contribution in [3.8, 4) is 22.8 Å². The van der Waals surface area contributed by atoms with E-state index in [4.69, 9.17) is 9.47 Å². The quantitative estimate of drug-likeness (QED) is 0.635. The highest BCUT2D eigenvalue weighted by molar-refractivity contribution is 7.16. The van der Waals surface area contributed by atoms with Gasteiger partial charge in [-0.1, -0.05) is 6.92 Å². The van der Waals surface area contributed by atoms with Gasteiger partial charge in [0.25, 0.3) is 0 Å². The van der Waals surface area contributed by atoms with Gasteiger partial charge in [-0.05, 0) is 38.5 Å². The van der Waals surface area contributed by atoms with E-state index < -0.39 is 5.97 Å². The van der Waals surface area contributed by atoms with Gasteiger partial charge < -0.3 is 19.9 Å². The van der Waals surface area contributed by atoms with E-state index in [1.807, 2.05) is 26.8 Å². The van der Waals surface area contributed by atoms with Crippen LogP contribution in [0.25, 0.3) is 11.3 Å². The summed E-state index contributed by atoms with van der Waals surface area (Å²) in [6.07, 6.45) is 0.942. The first-order chi connectivity index (χ1) is 13.0. The van der Waals surface area contributed by atoms with Gasteiger partial charge in [0.15, 0.2) is 16.6 Å². The van der Waals surface area contributed by atoms with E-state index in [1.165, 1.54) is 11.3 Å². The van der Waals surface area contributed by atoms with Crippen molar-refractivity contribution >= 4 is 28.3 Å². The fraction of sp³-hybridized carbons (Fsp3) is 0.421. The standard InChI is InChI=1S/C19H24N2O5S/c1-4-7-16(22)20-19-21-18(15(27-19)11-17(23)24)12-8-9-13(25-5-2)14(10-12)26-6-3/h8-10H,4-7,11H2,1-3H3,(H,23,24)(H,20,21,22). The number of carboxylic acid groups (broad SMARTS) is 1. The number of hydrogen-bond donors (Lipinski definition) is 2. The van der Waals surface area contributed by atoms with Gasteiger partial charge in [-0.3, -0.25) is 9.59 Å². The molecule has 0 aliphatic carbocycles. The maximum absolute atomic E-state index is 11.9. The molecule has 1 heterocycles. The molecule has 146 valence electrons. The molecule has 8 heteroatoms. The number of ether oxygens (including phenoxy) is 2. The van der Waals surface area contributed by atoms with Crippen molar-refractivity contribution in [2.45, 2.75) is 40.0 Å². The first-order valence-corrected chi connectivity index (χ1v) is 9.71. The molecule has 1 aromatic carbocycles. The van der Waals surface area contributed by atoms with Gasteiger partial charge in [0.1, 0.15) is 0 Å². The second-order valence-corrected chi connectivity index (χ2v) is 6.77. The minimum absolute atomic E-state index is 0.138. The van der Waals surface area contributed by atoms with E-state index in [1.54, 1.807) is 12.1 Å². The number of carboxylic acids is 1. The summed E-state index contributed by atoms with van der Waals surface area (Å²) in [7, 11) is 0. The highest BCUT2D eigenvalue weighted by Crippen LogP contribution is 2.37. The Morgan fingerprint density at radius 1 is 1.15 bits per heavy atom. The summed E-state index contributed by atoms with van der Waals surface area (Å²) in [6, 6.07) is 5.38. The Morgan fingerprint density at radius 2 is 1.85 bits per heavy atom. The lowest BCUT2D eigenvalue weighted by Gasteiger charge is -2.12. The van der Waals surface area contributed by atoms with Crippen molar-refractivity contribution in [2.24, 2.45) is 0 Å². The molecular weight excluding hydrogens is 368 g/mol. The molecule has 1 aromatic heterocycles. The van der Waals surface area contributed by atoms with Gasteiger partial charge in [-0.15, -0.1) is 11.3 Å². The predicted octanol–water partition coefficient (Wildman–Crippen LogP) is 3.97. The first-order valence-electron chi connectivity index (χ1n) is 8.89. The van der Waals surface area contributed by atoms with E-state index in [0.29, 0.717) is 52.4 Å². The van der Waals surface area contributed by atoms with Gasteiger partial charge in [0.05, 0.1) is 25.3 Å². The lowest BCUT2D eigenvalue weighted by molar-refractivity contribution is -0.136. The molecule has 0 atom stereocenters. The predicted molar refractivity (Wildman–Crippen MR) is 105 cm³/mol. The second-order valence-electron chi connectivity index (χ2n) is 5.69. The molecule has 0 radical (unpaired) electrons. The fourth-order valence-corrected chi connectivity index (χ4v) is 3.49. The Balaban J connectivity index is 2.42. The maximum atomic E-state index is 11.9. The monoisotopic (exact) mass is 392 g/mol. The van der Waals surface area contributed by atoms with E-state index >= 15 is 0 Å². The summed E-state index contributed by atoms with van der Waals surface area (Å²) >= 11 is 1.17. The molecule has 7 nitrogen and oxygen atoms in total. The molecule has 0 saturated carbocycles. The first kappa shape index (κ1) is 20.7. The topological polar surface area (TPSA) is 97.8 Å². The molecule has 0 aliphatic heterocycles. The Labute approximate surface area is 162 Å². The maximum Gasteiger partial charge on any atom is 0.308 e. The van der Waals surface area contributed by atoms with Gasteiger partial charge in [0.2, 0.25) is 5.91 Å². The lowest BCUT2D eigenvalue weighted by Crippen LogP contribution is -2.10. The molecule has 2 rings (SSSR count). The third-order valence-corrected chi connectivity index (χ3v) is 4.52. The molecule has 0 spiro atoms. The number of carbonyl (C=O) groups excluding carboxylic acids is 1. The number of nitrogens with zero attached hydrogens (tertiary/aromatic N) is 1. The Hall–Kier alpha value is -2.61. The molecule has 1 amide bonds. The van der Waals surface area contributed by atoms with E-state index in [9.17, 15) is 14.7 Å². The van der Waals surface area contributed by atoms with Crippen LogP contribution in [0.5, 0.6) is 11.5 Å². The van der Waals surface area contributed by atoms with Crippen LogP contribution in [0.15, 0.2) is 18.2 Å². The number of thiazole rings is 1. The SMILES string of the molecule is CCCC(=O)Nc1nc(-c2ccc(OCC)c(OCC)c2)c(CC(=O)O)s1.